The number of nitro groups is 1. The molecule has 0 aromatic carbocycles. The average Bonchev–Trinajstić information content (AvgIpc) is 2.99. The number of anilines is 1. The van der Waals surface area contributed by atoms with Gasteiger partial charge in [0.05, 0.1) is 4.92 Å². The highest BCUT2D eigenvalue weighted by molar-refractivity contribution is 5.81. The van der Waals surface area contributed by atoms with Crippen molar-refractivity contribution in [1.82, 2.24) is 19.5 Å². The van der Waals surface area contributed by atoms with Crippen LogP contribution in [0.2, 0.25) is 0 Å². The molecule has 2 aromatic heterocycles. The van der Waals surface area contributed by atoms with E-state index in [9.17, 15) is 10.1 Å². The third-order valence-electron chi connectivity index (χ3n) is 3.95. The zero-order valence-electron chi connectivity index (χ0n) is 12.7. The van der Waals surface area contributed by atoms with Crippen molar-refractivity contribution in [3.63, 3.8) is 0 Å². The van der Waals surface area contributed by atoms with Crippen molar-refractivity contribution in [2.24, 2.45) is 0 Å². The van der Waals surface area contributed by atoms with Gasteiger partial charge in [-0.15, -0.1) is 0 Å². The second kappa shape index (κ2) is 6.05. The molecule has 10 heteroatoms. The molecule has 3 heterocycles. The lowest BCUT2D eigenvalue weighted by Gasteiger charge is -2.27. The molecule has 10 nitrogen and oxygen atoms in total. The Balaban J connectivity index is 1.89. The van der Waals surface area contributed by atoms with E-state index in [0.717, 1.165) is 19.3 Å². The lowest BCUT2D eigenvalue weighted by Crippen LogP contribution is -2.44. The van der Waals surface area contributed by atoms with E-state index in [-0.39, 0.29) is 12.4 Å². The topological polar surface area (TPSA) is 131 Å². The number of nitrogen functional groups attached to an aromatic ring is 1. The molecule has 2 aromatic rings. The maximum absolute atomic E-state index is 11.7. The van der Waals surface area contributed by atoms with Gasteiger partial charge in [0.1, 0.15) is 24.8 Å². The first-order valence-corrected chi connectivity index (χ1v) is 7.34. The summed E-state index contributed by atoms with van der Waals surface area (Å²) in [6.07, 6.45) is 4.86. The smallest absolute Gasteiger partial charge is 0.322 e. The number of fused-ring (bicyclic) bond motifs is 1. The molecule has 1 aliphatic heterocycles. The highest BCUT2D eigenvalue weighted by atomic mass is 16.7. The van der Waals surface area contributed by atoms with Crippen LogP contribution in [0.3, 0.4) is 0 Å². The van der Waals surface area contributed by atoms with Crippen molar-refractivity contribution in [3.05, 3.63) is 22.8 Å². The van der Waals surface area contributed by atoms with Crippen molar-refractivity contribution in [3.8, 4) is 0 Å². The quantitative estimate of drug-likeness (QED) is 0.634. The van der Waals surface area contributed by atoms with Gasteiger partial charge < -0.3 is 15.2 Å². The van der Waals surface area contributed by atoms with Crippen LogP contribution in [0.4, 0.5) is 5.82 Å². The molecule has 3 rings (SSSR count). The lowest BCUT2D eigenvalue weighted by molar-refractivity contribution is -0.602. The minimum Gasteiger partial charge on any atom is -0.382 e. The summed E-state index contributed by atoms with van der Waals surface area (Å²) in [5.41, 5.74) is 4.78. The van der Waals surface area contributed by atoms with Gasteiger partial charge in [-0.2, -0.15) is 0 Å². The van der Waals surface area contributed by atoms with Gasteiger partial charge in [-0.25, -0.2) is 19.5 Å². The van der Waals surface area contributed by atoms with E-state index < -0.39 is 16.9 Å². The third-order valence-corrected chi connectivity index (χ3v) is 3.95. The van der Waals surface area contributed by atoms with Crippen LogP contribution in [0.15, 0.2) is 12.7 Å². The summed E-state index contributed by atoms with van der Waals surface area (Å²) in [6, 6.07) is 0. The van der Waals surface area contributed by atoms with E-state index in [1.165, 1.54) is 24.1 Å². The van der Waals surface area contributed by atoms with E-state index in [1.807, 2.05) is 0 Å². The van der Waals surface area contributed by atoms with Crippen molar-refractivity contribution in [2.75, 3.05) is 18.9 Å². The molecule has 0 amide bonds. The summed E-state index contributed by atoms with van der Waals surface area (Å²) in [5, 5.41) is 11.7. The Morgan fingerprint density at radius 1 is 1.52 bits per heavy atom. The molecule has 1 aliphatic rings. The van der Waals surface area contributed by atoms with Crippen molar-refractivity contribution < 1.29 is 14.4 Å². The fourth-order valence-electron chi connectivity index (χ4n) is 2.51. The van der Waals surface area contributed by atoms with Gasteiger partial charge in [0.25, 0.3) is 0 Å². The number of hydrogen-bond acceptors (Lipinski definition) is 8. The van der Waals surface area contributed by atoms with Crippen LogP contribution in [0, 0.1) is 10.1 Å². The molecule has 0 aliphatic carbocycles. The molecule has 1 saturated heterocycles. The van der Waals surface area contributed by atoms with Gasteiger partial charge in [-0.05, 0) is 19.3 Å². The number of ether oxygens (including phenoxy) is 2. The number of nitrogens with two attached hydrogens (primary N) is 1. The van der Waals surface area contributed by atoms with E-state index >= 15 is 0 Å². The standard InChI is InChI=1S/C13H18N6O4/c1-13(19(20)21,6-23-9-4-2-3-5-22-9)18-8-17-10-11(14)15-7-16-12(10)18/h7-9H,2-6H2,1H3,(H2,14,15,16). The summed E-state index contributed by atoms with van der Waals surface area (Å²) < 4.78 is 12.4. The first-order valence-electron chi connectivity index (χ1n) is 7.34. The Bertz CT molecular complexity index is 714. The van der Waals surface area contributed by atoms with Crippen molar-refractivity contribution in [1.29, 1.82) is 0 Å². The summed E-state index contributed by atoms with van der Waals surface area (Å²) in [4.78, 5) is 23.2. The normalized spacial score (nSPS) is 21.2. The Hall–Kier alpha value is -2.33. The largest absolute Gasteiger partial charge is 0.382 e. The van der Waals surface area contributed by atoms with E-state index in [0.29, 0.717) is 17.8 Å². The Labute approximate surface area is 131 Å². The Kier molecular flexibility index (Phi) is 4.09. The van der Waals surface area contributed by atoms with Crippen LogP contribution in [0.5, 0.6) is 0 Å². The first-order chi connectivity index (χ1) is 11.0. The molecular formula is C13H18N6O4. The molecule has 23 heavy (non-hydrogen) atoms. The number of aromatic nitrogens is 4. The van der Waals surface area contributed by atoms with E-state index in [2.05, 4.69) is 15.0 Å². The van der Waals surface area contributed by atoms with Gasteiger partial charge >= 0.3 is 5.66 Å². The zero-order valence-corrected chi connectivity index (χ0v) is 12.7. The first kappa shape index (κ1) is 15.6. The molecule has 2 atom stereocenters. The Morgan fingerprint density at radius 2 is 2.35 bits per heavy atom. The van der Waals surface area contributed by atoms with E-state index in [1.54, 1.807) is 0 Å². The predicted octanol–water partition coefficient (Wildman–Crippen LogP) is 0.901. The highest BCUT2D eigenvalue weighted by Gasteiger charge is 2.42. The number of imidazole rings is 1. The minimum absolute atomic E-state index is 0.167. The van der Waals surface area contributed by atoms with Crippen LogP contribution in [0.1, 0.15) is 26.2 Å². The highest BCUT2D eigenvalue weighted by Crippen LogP contribution is 2.26. The lowest BCUT2D eigenvalue weighted by atomic mass is 10.2. The molecule has 0 saturated carbocycles. The van der Waals surface area contributed by atoms with Gasteiger partial charge in [0, 0.05) is 13.5 Å². The molecule has 2 unspecified atom stereocenters. The van der Waals surface area contributed by atoms with Crippen molar-refractivity contribution >= 4 is 17.0 Å². The van der Waals surface area contributed by atoms with Crippen molar-refractivity contribution in [2.45, 2.75) is 38.1 Å². The minimum atomic E-state index is -1.57. The number of rotatable bonds is 5. The van der Waals surface area contributed by atoms with Crippen LogP contribution in [-0.2, 0) is 15.1 Å². The van der Waals surface area contributed by atoms with Crippen LogP contribution < -0.4 is 5.73 Å². The van der Waals surface area contributed by atoms with Gasteiger partial charge in [0.15, 0.2) is 17.8 Å². The summed E-state index contributed by atoms with van der Waals surface area (Å²) >= 11 is 0. The van der Waals surface area contributed by atoms with Gasteiger partial charge in [0.2, 0.25) is 0 Å². The molecule has 0 bridgehead atoms. The Morgan fingerprint density at radius 3 is 3.04 bits per heavy atom. The molecule has 2 N–H and O–H groups in total. The van der Waals surface area contributed by atoms with Gasteiger partial charge in [-0.3, -0.25) is 10.1 Å². The predicted molar refractivity (Wildman–Crippen MR) is 79.9 cm³/mol. The fraction of sp³-hybridized carbons (Fsp3) is 0.615. The van der Waals surface area contributed by atoms with Crippen LogP contribution in [0.25, 0.3) is 11.2 Å². The molecule has 0 radical (unpaired) electrons. The van der Waals surface area contributed by atoms with Crippen LogP contribution >= 0.6 is 0 Å². The SMILES string of the molecule is CC(COC1CCCCO1)(n1cnc2c(N)ncnc21)[N+](=O)[O-]. The average molecular weight is 322 g/mol. The monoisotopic (exact) mass is 322 g/mol. The van der Waals surface area contributed by atoms with Gasteiger partial charge in [-0.1, -0.05) is 0 Å². The summed E-state index contributed by atoms with van der Waals surface area (Å²) in [6.45, 7) is 1.90. The molecule has 124 valence electrons. The summed E-state index contributed by atoms with van der Waals surface area (Å²) in [5.74, 6) is 0.177. The second-order valence-corrected chi connectivity index (χ2v) is 5.63. The molecule has 1 fully saturated rings. The van der Waals surface area contributed by atoms with Crippen LogP contribution in [-0.4, -0.2) is 43.9 Å². The third kappa shape index (κ3) is 2.82. The number of hydrogen-bond donors (Lipinski definition) is 1. The molecule has 0 spiro atoms. The second-order valence-electron chi connectivity index (χ2n) is 5.63. The fourth-order valence-corrected chi connectivity index (χ4v) is 2.51. The van der Waals surface area contributed by atoms with E-state index in [4.69, 9.17) is 15.2 Å². The number of nitrogens with zero attached hydrogens (tertiary/aromatic N) is 5. The molecular weight excluding hydrogens is 304 g/mol. The summed E-state index contributed by atoms with van der Waals surface area (Å²) in [7, 11) is 0. The maximum atomic E-state index is 11.7. The zero-order chi connectivity index (χ0) is 16.4. The maximum Gasteiger partial charge on any atom is 0.322 e.